The summed E-state index contributed by atoms with van der Waals surface area (Å²) < 4.78 is 14.1. The second kappa shape index (κ2) is 4.75. The predicted octanol–water partition coefficient (Wildman–Crippen LogP) is 3.08. The number of hydrogen-bond donors (Lipinski definition) is 0. The van der Waals surface area contributed by atoms with Gasteiger partial charge in [-0.15, -0.1) is 0 Å². The summed E-state index contributed by atoms with van der Waals surface area (Å²) in [4.78, 5) is 2.20. The van der Waals surface area contributed by atoms with Gasteiger partial charge in [-0.2, -0.15) is 5.26 Å². The van der Waals surface area contributed by atoms with Crippen LogP contribution in [0.3, 0.4) is 0 Å². The van der Waals surface area contributed by atoms with E-state index in [0.29, 0.717) is 4.47 Å². The quantitative estimate of drug-likeness (QED) is 0.796. The third-order valence-corrected chi connectivity index (χ3v) is 3.93. The summed E-state index contributed by atoms with van der Waals surface area (Å²) in [5.74, 6) is -0.289. The van der Waals surface area contributed by atoms with E-state index in [0.717, 1.165) is 31.5 Å². The molecule has 4 heteroatoms. The van der Waals surface area contributed by atoms with Crippen LogP contribution in [-0.2, 0) is 5.41 Å². The first kappa shape index (κ1) is 12.5. The summed E-state index contributed by atoms with van der Waals surface area (Å²) in [5, 5.41) is 9.46. The maximum atomic E-state index is 13.4. The maximum Gasteiger partial charge on any atom is 0.124 e. The van der Waals surface area contributed by atoms with Crippen molar-refractivity contribution in [1.29, 1.82) is 5.26 Å². The molecule has 0 saturated carbocycles. The molecule has 0 radical (unpaired) electrons. The lowest BCUT2D eigenvalue weighted by Gasteiger charge is -2.35. The minimum Gasteiger partial charge on any atom is -0.306 e. The van der Waals surface area contributed by atoms with Gasteiger partial charge in [-0.3, -0.25) is 0 Å². The second-order valence-electron chi connectivity index (χ2n) is 4.66. The lowest BCUT2D eigenvalue weighted by atomic mass is 9.74. The zero-order valence-corrected chi connectivity index (χ0v) is 11.3. The molecule has 2 rings (SSSR count). The average molecular weight is 297 g/mol. The molecule has 1 aliphatic rings. The molecule has 0 spiro atoms. The van der Waals surface area contributed by atoms with Gasteiger partial charge in [0.15, 0.2) is 0 Å². The number of nitriles is 1. The summed E-state index contributed by atoms with van der Waals surface area (Å²) in [5.41, 5.74) is 0.261. The van der Waals surface area contributed by atoms with Crippen molar-refractivity contribution in [3.63, 3.8) is 0 Å². The SMILES string of the molecule is CN1CCC(C#N)(c2cc(F)cc(Br)c2)CC1. The second-order valence-corrected chi connectivity index (χ2v) is 5.57. The Morgan fingerprint density at radius 2 is 2.00 bits per heavy atom. The molecule has 17 heavy (non-hydrogen) atoms. The van der Waals surface area contributed by atoms with Gasteiger partial charge in [-0.05, 0) is 56.7 Å². The van der Waals surface area contributed by atoms with Crippen molar-refractivity contribution in [2.24, 2.45) is 0 Å². The van der Waals surface area contributed by atoms with E-state index >= 15 is 0 Å². The molecule has 90 valence electrons. The smallest absolute Gasteiger partial charge is 0.124 e. The Morgan fingerprint density at radius 3 is 2.53 bits per heavy atom. The van der Waals surface area contributed by atoms with Gasteiger partial charge in [0, 0.05) is 4.47 Å². The van der Waals surface area contributed by atoms with Gasteiger partial charge in [0.2, 0.25) is 0 Å². The van der Waals surface area contributed by atoms with Crippen LogP contribution in [0.2, 0.25) is 0 Å². The van der Waals surface area contributed by atoms with Crippen molar-refractivity contribution >= 4 is 15.9 Å². The van der Waals surface area contributed by atoms with Gasteiger partial charge in [0.1, 0.15) is 5.82 Å². The molecule has 1 aromatic rings. The van der Waals surface area contributed by atoms with Gasteiger partial charge in [0.25, 0.3) is 0 Å². The van der Waals surface area contributed by atoms with Crippen molar-refractivity contribution in [2.75, 3.05) is 20.1 Å². The summed E-state index contributed by atoms with van der Waals surface area (Å²) in [6.07, 6.45) is 1.52. The normalized spacial score (nSPS) is 19.9. The summed E-state index contributed by atoms with van der Waals surface area (Å²) in [7, 11) is 2.04. The van der Waals surface area contributed by atoms with E-state index in [1.807, 2.05) is 13.1 Å². The molecule has 0 unspecified atom stereocenters. The minimum absolute atomic E-state index is 0.289. The van der Waals surface area contributed by atoms with Crippen LogP contribution >= 0.6 is 15.9 Å². The first-order chi connectivity index (χ1) is 8.05. The largest absolute Gasteiger partial charge is 0.306 e. The van der Waals surface area contributed by atoms with Gasteiger partial charge in [0.05, 0.1) is 11.5 Å². The molecule has 0 amide bonds. The van der Waals surface area contributed by atoms with E-state index in [2.05, 4.69) is 26.9 Å². The molecule has 1 aliphatic heterocycles. The first-order valence-corrected chi connectivity index (χ1v) is 6.41. The van der Waals surface area contributed by atoms with E-state index < -0.39 is 5.41 Å². The molecule has 0 bridgehead atoms. The number of piperidine rings is 1. The highest BCUT2D eigenvalue weighted by molar-refractivity contribution is 9.10. The third-order valence-electron chi connectivity index (χ3n) is 3.47. The van der Waals surface area contributed by atoms with Crippen molar-refractivity contribution in [3.05, 3.63) is 34.1 Å². The highest BCUT2D eigenvalue weighted by Crippen LogP contribution is 2.36. The number of likely N-dealkylation sites (tertiary alicyclic amines) is 1. The lowest BCUT2D eigenvalue weighted by molar-refractivity contribution is 0.221. The average Bonchev–Trinajstić information content (AvgIpc) is 2.29. The van der Waals surface area contributed by atoms with Crippen LogP contribution in [0.5, 0.6) is 0 Å². The molecule has 0 atom stereocenters. The van der Waals surface area contributed by atoms with Crippen molar-refractivity contribution in [1.82, 2.24) is 4.90 Å². The van der Waals surface area contributed by atoms with Crippen molar-refractivity contribution in [3.8, 4) is 6.07 Å². The zero-order chi connectivity index (χ0) is 12.5. The summed E-state index contributed by atoms with van der Waals surface area (Å²) in [6, 6.07) is 7.16. The molecule has 1 saturated heterocycles. The monoisotopic (exact) mass is 296 g/mol. The van der Waals surface area contributed by atoms with E-state index in [9.17, 15) is 9.65 Å². The van der Waals surface area contributed by atoms with Crippen LogP contribution in [-0.4, -0.2) is 25.0 Å². The van der Waals surface area contributed by atoms with Crippen LogP contribution in [0.25, 0.3) is 0 Å². The fraction of sp³-hybridized carbons (Fsp3) is 0.462. The summed E-state index contributed by atoms with van der Waals surface area (Å²) in [6.45, 7) is 1.75. The van der Waals surface area contributed by atoms with E-state index in [4.69, 9.17) is 0 Å². The number of nitrogens with zero attached hydrogens (tertiary/aromatic N) is 2. The van der Waals surface area contributed by atoms with Crippen molar-refractivity contribution < 1.29 is 4.39 Å². The van der Waals surface area contributed by atoms with E-state index in [1.54, 1.807) is 0 Å². The fourth-order valence-electron chi connectivity index (χ4n) is 2.30. The summed E-state index contributed by atoms with van der Waals surface area (Å²) >= 11 is 3.28. The van der Waals surface area contributed by atoms with Gasteiger partial charge in [-0.25, -0.2) is 4.39 Å². The van der Waals surface area contributed by atoms with Crippen LogP contribution < -0.4 is 0 Å². The van der Waals surface area contributed by atoms with Gasteiger partial charge in [-0.1, -0.05) is 15.9 Å². The molecular weight excluding hydrogens is 283 g/mol. The standard InChI is InChI=1S/C13H14BrFN2/c1-17-4-2-13(9-16,3-5-17)10-6-11(14)8-12(15)7-10/h6-8H,2-5H2,1H3. The Labute approximate surface area is 109 Å². The van der Waals surface area contributed by atoms with Crippen LogP contribution in [0.15, 0.2) is 22.7 Å². The highest BCUT2D eigenvalue weighted by Gasteiger charge is 2.36. The Bertz CT molecular complexity index is 439. The molecule has 1 heterocycles. The van der Waals surface area contributed by atoms with Crippen LogP contribution in [0.4, 0.5) is 4.39 Å². The fourth-order valence-corrected chi connectivity index (χ4v) is 2.76. The highest BCUT2D eigenvalue weighted by atomic mass is 79.9. The lowest BCUT2D eigenvalue weighted by Crippen LogP contribution is -2.40. The molecule has 2 nitrogen and oxygen atoms in total. The predicted molar refractivity (Wildman–Crippen MR) is 68.1 cm³/mol. The third kappa shape index (κ3) is 2.51. The number of benzene rings is 1. The zero-order valence-electron chi connectivity index (χ0n) is 9.71. The first-order valence-electron chi connectivity index (χ1n) is 5.62. The molecule has 0 aromatic heterocycles. The Hall–Kier alpha value is -0.920. The topological polar surface area (TPSA) is 27.0 Å². The Morgan fingerprint density at radius 1 is 1.35 bits per heavy atom. The molecule has 0 aliphatic carbocycles. The Kier molecular flexibility index (Phi) is 3.50. The van der Waals surface area contributed by atoms with Gasteiger partial charge < -0.3 is 4.90 Å². The number of hydrogen-bond acceptors (Lipinski definition) is 2. The Balaban J connectivity index is 2.38. The van der Waals surface area contributed by atoms with E-state index in [1.165, 1.54) is 12.1 Å². The van der Waals surface area contributed by atoms with Crippen LogP contribution in [0, 0.1) is 17.1 Å². The molecule has 0 N–H and O–H groups in total. The molecule has 1 fully saturated rings. The molecule has 1 aromatic carbocycles. The van der Waals surface area contributed by atoms with Gasteiger partial charge >= 0.3 is 0 Å². The molecular formula is C13H14BrFN2. The maximum absolute atomic E-state index is 13.4. The van der Waals surface area contributed by atoms with E-state index in [-0.39, 0.29) is 5.82 Å². The minimum atomic E-state index is -0.531. The number of halogens is 2. The number of rotatable bonds is 1. The van der Waals surface area contributed by atoms with Crippen LogP contribution in [0.1, 0.15) is 18.4 Å². The van der Waals surface area contributed by atoms with Crippen molar-refractivity contribution in [2.45, 2.75) is 18.3 Å².